The van der Waals surface area contributed by atoms with Crippen molar-refractivity contribution in [1.82, 2.24) is 5.32 Å². The highest BCUT2D eigenvalue weighted by atomic mass is 19.4. The molecule has 0 amide bonds. The SMILES string of the molecule is N#CC(NCC(F)(F)F)C1CC=CCC1. The van der Waals surface area contributed by atoms with Gasteiger partial charge in [-0.15, -0.1) is 0 Å². The second-order valence-corrected chi connectivity index (χ2v) is 3.65. The molecule has 84 valence electrons. The molecule has 0 spiro atoms. The van der Waals surface area contributed by atoms with Crippen LogP contribution < -0.4 is 5.32 Å². The van der Waals surface area contributed by atoms with Crippen molar-refractivity contribution in [3.8, 4) is 6.07 Å². The highest BCUT2D eigenvalue weighted by Crippen LogP contribution is 2.22. The number of nitriles is 1. The first-order valence-electron chi connectivity index (χ1n) is 4.87. The lowest BCUT2D eigenvalue weighted by atomic mass is 9.88. The van der Waals surface area contributed by atoms with Crippen molar-refractivity contribution in [3.63, 3.8) is 0 Å². The van der Waals surface area contributed by atoms with Crippen molar-refractivity contribution < 1.29 is 13.2 Å². The molecule has 0 saturated heterocycles. The van der Waals surface area contributed by atoms with E-state index >= 15 is 0 Å². The minimum atomic E-state index is -4.25. The summed E-state index contributed by atoms with van der Waals surface area (Å²) in [5, 5.41) is 11.0. The van der Waals surface area contributed by atoms with Crippen LogP contribution in [0.2, 0.25) is 0 Å². The summed E-state index contributed by atoms with van der Waals surface area (Å²) in [4.78, 5) is 0. The topological polar surface area (TPSA) is 35.8 Å². The number of alkyl halides is 3. The number of nitrogens with zero attached hydrogens (tertiary/aromatic N) is 1. The maximum atomic E-state index is 11.9. The zero-order valence-corrected chi connectivity index (χ0v) is 8.22. The predicted molar refractivity (Wildman–Crippen MR) is 49.9 cm³/mol. The Morgan fingerprint density at radius 2 is 2.20 bits per heavy atom. The smallest absolute Gasteiger partial charge is 0.293 e. The molecule has 0 aromatic rings. The van der Waals surface area contributed by atoms with Crippen LogP contribution in [0.3, 0.4) is 0 Å². The molecule has 1 rings (SSSR count). The quantitative estimate of drug-likeness (QED) is 0.738. The van der Waals surface area contributed by atoms with Crippen molar-refractivity contribution in [2.75, 3.05) is 6.54 Å². The van der Waals surface area contributed by atoms with Gasteiger partial charge in [-0.1, -0.05) is 12.2 Å². The molecule has 1 aliphatic rings. The molecular formula is C10H13F3N2. The van der Waals surface area contributed by atoms with Crippen molar-refractivity contribution in [2.45, 2.75) is 31.5 Å². The van der Waals surface area contributed by atoms with Crippen LogP contribution in [0.25, 0.3) is 0 Å². The first-order chi connectivity index (χ1) is 7.03. The molecule has 0 aliphatic heterocycles. The van der Waals surface area contributed by atoms with E-state index < -0.39 is 18.8 Å². The van der Waals surface area contributed by atoms with E-state index in [9.17, 15) is 13.2 Å². The molecule has 1 aliphatic carbocycles. The summed E-state index contributed by atoms with van der Waals surface area (Å²) < 4.78 is 35.8. The molecule has 0 radical (unpaired) electrons. The summed E-state index contributed by atoms with van der Waals surface area (Å²) in [6.07, 6.45) is 1.97. The van der Waals surface area contributed by atoms with E-state index in [2.05, 4.69) is 5.32 Å². The van der Waals surface area contributed by atoms with Gasteiger partial charge >= 0.3 is 6.18 Å². The average Bonchev–Trinajstić information content (AvgIpc) is 2.19. The second kappa shape index (κ2) is 5.17. The summed E-state index contributed by atoms with van der Waals surface area (Å²) in [6.45, 7) is -1.09. The molecule has 2 nitrogen and oxygen atoms in total. The van der Waals surface area contributed by atoms with Gasteiger partial charge in [0.05, 0.1) is 18.7 Å². The van der Waals surface area contributed by atoms with E-state index in [1.54, 1.807) is 0 Å². The normalized spacial score (nSPS) is 23.5. The van der Waals surface area contributed by atoms with Crippen molar-refractivity contribution >= 4 is 0 Å². The standard InChI is InChI=1S/C10H13F3N2/c11-10(12,13)7-15-9(6-14)8-4-2-1-3-5-8/h1-2,8-9,15H,3-5,7H2. The van der Waals surface area contributed by atoms with Crippen molar-refractivity contribution in [1.29, 1.82) is 5.26 Å². The number of allylic oxidation sites excluding steroid dienone is 2. The fourth-order valence-corrected chi connectivity index (χ4v) is 1.66. The van der Waals surface area contributed by atoms with E-state index in [0.717, 1.165) is 12.8 Å². The minimum Gasteiger partial charge on any atom is -0.293 e. The van der Waals surface area contributed by atoms with Gasteiger partial charge in [0.1, 0.15) is 0 Å². The van der Waals surface area contributed by atoms with E-state index in [0.29, 0.717) is 6.42 Å². The zero-order valence-electron chi connectivity index (χ0n) is 8.22. The van der Waals surface area contributed by atoms with Crippen molar-refractivity contribution in [3.05, 3.63) is 12.2 Å². The van der Waals surface area contributed by atoms with Crippen LogP contribution in [0.5, 0.6) is 0 Å². The lowest BCUT2D eigenvalue weighted by Crippen LogP contribution is -2.41. The summed E-state index contributed by atoms with van der Waals surface area (Å²) in [7, 11) is 0. The maximum Gasteiger partial charge on any atom is 0.401 e. The summed E-state index contributed by atoms with van der Waals surface area (Å²) in [6, 6.07) is 1.20. The van der Waals surface area contributed by atoms with Crippen LogP contribution >= 0.6 is 0 Å². The third-order valence-corrected chi connectivity index (χ3v) is 2.44. The zero-order chi connectivity index (χ0) is 11.3. The molecule has 15 heavy (non-hydrogen) atoms. The third kappa shape index (κ3) is 4.34. The first-order valence-corrected chi connectivity index (χ1v) is 4.87. The van der Waals surface area contributed by atoms with E-state index in [1.165, 1.54) is 0 Å². The fraction of sp³-hybridized carbons (Fsp3) is 0.700. The molecule has 0 aromatic heterocycles. The molecule has 0 heterocycles. The maximum absolute atomic E-state index is 11.9. The Morgan fingerprint density at radius 3 is 2.67 bits per heavy atom. The first kappa shape index (κ1) is 12.1. The van der Waals surface area contributed by atoms with Gasteiger partial charge in [0.15, 0.2) is 0 Å². The largest absolute Gasteiger partial charge is 0.401 e. The van der Waals surface area contributed by atoms with E-state index in [4.69, 9.17) is 5.26 Å². The monoisotopic (exact) mass is 218 g/mol. The summed E-state index contributed by atoms with van der Waals surface area (Å²) in [5.74, 6) is 0.00218. The molecule has 0 bridgehead atoms. The molecule has 1 N–H and O–H groups in total. The Bertz CT molecular complexity index is 265. The van der Waals surface area contributed by atoms with Gasteiger partial charge in [-0.2, -0.15) is 18.4 Å². The van der Waals surface area contributed by atoms with Crippen LogP contribution in [0.15, 0.2) is 12.2 Å². The molecular weight excluding hydrogens is 205 g/mol. The molecule has 0 aromatic carbocycles. The Balaban J connectivity index is 2.42. The van der Waals surface area contributed by atoms with E-state index in [-0.39, 0.29) is 5.92 Å². The Morgan fingerprint density at radius 1 is 1.47 bits per heavy atom. The van der Waals surface area contributed by atoms with Gasteiger partial charge in [-0.25, -0.2) is 0 Å². The minimum absolute atomic E-state index is 0.00218. The number of rotatable bonds is 3. The van der Waals surface area contributed by atoms with Crippen LogP contribution in [0.4, 0.5) is 13.2 Å². The van der Waals surface area contributed by atoms with Crippen molar-refractivity contribution in [2.24, 2.45) is 5.92 Å². The number of nitrogens with one attached hydrogen (secondary N) is 1. The van der Waals surface area contributed by atoms with E-state index in [1.807, 2.05) is 18.2 Å². The van der Waals surface area contributed by atoms with Gasteiger partial charge < -0.3 is 0 Å². The number of hydrogen-bond donors (Lipinski definition) is 1. The van der Waals surface area contributed by atoms with Gasteiger partial charge in [-0.05, 0) is 25.2 Å². The Hall–Kier alpha value is -1.02. The van der Waals surface area contributed by atoms with Gasteiger partial charge in [0, 0.05) is 0 Å². The molecule has 0 fully saturated rings. The van der Waals surface area contributed by atoms with Crippen LogP contribution in [-0.2, 0) is 0 Å². The predicted octanol–water partition coefficient (Wildman–Crippen LogP) is 2.39. The molecule has 2 atom stereocenters. The molecule has 5 heteroatoms. The Labute approximate surface area is 86.8 Å². The van der Waals surface area contributed by atoms with Gasteiger partial charge in [0.2, 0.25) is 0 Å². The highest BCUT2D eigenvalue weighted by molar-refractivity contribution is 5.01. The van der Waals surface area contributed by atoms with Crippen LogP contribution in [0.1, 0.15) is 19.3 Å². The fourth-order valence-electron chi connectivity index (χ4n) is 1.66. The lowest BCUT2D eigenvalue weighted by Gasteiger charge is -2.24. The molecule has 0 saturated carbocycles. The van der Waals surface area contributed by atoms with Crippen LogP contribution in [0, 0.1) is 17.2 Å². The summed E-state index contributed by atoms with van der Waals surface area (Å²) >= 11 is 0. The third-order valence-electron chi connectivity index (χ3n) is 2.44. The average molecular weight is 218 g/mol. The number of halogens is 3. The second-order valence-electron chi connectivity index (χ2n) is 3.65. The number of hydrogen-bond acceptors (Lipinski definition) is 2. The van der Waals surface area contributed by atoms with Gasteiger partial charge in [0.25, 0.3) is 0 Å². The molecule has 2 unspecified atom stereocenters. The van der Waals surface area contributed by atoms with Crippen LogP contribution in [-0.4, -0.2) is 18.8 Å². The van der Waals surface area contributed by atoms with Gasteiger partial charge in [-0.3, -0.25) is 5.32 Å². The highest BCUT2D eigenvalue weighted by Gasteiger charge is 2.30. The summed E-state index contributed by atoms with van der Waals surface area (Å²) in [5.41, 5.74) is 0. The lowest BCUT2D eigenvalue weighted by molar-refractivity contribution is -0.126. The Kier molecular flexibility index (Phi) is 4.15.